The van der Waals surface area contributed by atoms with E-state index in [0.29, 0.717) is 12.8 Å². The Morgan fingerprint density at radius 3 is 2.62 bits per heavy atom. The third-order valence-corrected chi connectivity index (χ3v) is 5.75. The van der Waals surface area contributed by atoms with Gasteiger partial charge in [0.1, 0.15) is 18.2 Å². The van der Waals surface area contributed by atoms with Crippen molar-refractivity contribution in [1.29, 1.82) is 0 Å². The second kappa shape index (κ2) is 8.36. The average molecular weight is 491 g/mol. The first-order chi connectivity index (χ1) is 15.1. The summed E-state index contributed by atoms with van der Waals surface area (Å²) in [5.41, 5.74) is -0.829. The highest BCUT2D eigenvalue weighted by molar-refractivity contribution is 6.32. The molecule has 1 amide bonds. The standard InChI is InChI=1S/C19H16Cl2F4N6O/c1-9(31-15(10-5-6-10)14(21)16(28-31)19(23,24)25)17(32)27-18-26-8-30(29-18)7-11-12(20)3-2-4-13(11)22/h2-4,8-10H,5-7H2,1H3,(H,27,29,32). The fourth-order valence-corrected chi connectivity index (χ4v) is 3.83. The SMILES string of the molecule is CC(C(=O)Nc1ncn(Cc2c(F)cccc2Cl)n1)n1nc(C(F)(F)F)c(Cl)c1C1CC1. The third kappa shape index (κ3) is 4.44. The number of hydrogen-bond acceptors (Lipinski definition) is 4. The molecule has 0 radical (unpaired) electrons. The number of alkyl halides is 3. The van der Waals surface area contributed by atoms with Gasteiger partial charge in [-0.1, -0.05) is 29.3 Å². The highest BCUT2D eigenvalue weighted by atomic mass is 35.5. The number of carbonyl (C=O) groups is 1. The van der Waals surface area contributed by atoms with E-state index in [1.165, 1.54) is 36.1 Å². The van der Waals surface area contributed by atoms with Crippen molar-refractivity contribution >= 4 is 35.1 Å². The summed E-state index contributed by atoms with van der Waals surface area (Å²) in [6.07, 6.45) is -2.13. The molecule has 4 rings (SSSR count). The summed E-state index contributed by atoms with van der Waals surface area (Å²) in [6, 6.07) is 3.15. The molecule has 2 aromatic heterocycles. The van der Waals surface area contributed by atoms with Gasteiger partial charge >= 0.3 is 6.18 Å². The van der Waals surface area contributed by atoms with Crippen molar-refractivity contribution in [2.24, 2.45) is 0 Å². The number of anilines is 1. The van der Waals surface area contributed by atoms with Crippen LogP contribution in [0.5, 0.6) is 0 Å². The Morgan fingerprint density at radius 1 is 1.28 bits per heavy atom. The maximum atomic E-state index is 14.0. The molecule has 3 aromatic rings. The first kappa shape index (κ1) is 22.5. The van der Waals surface area contributed by atoms with Crippen molar-refractivity contribution in [2.45, 2.75) is 44.4 Å². The molecule has 1 aliphatic carbocycles. The van der Waals surface area contributed by atoms with Gasteiger partial charge in [0.2, 0.25) is 5.95 Å². The summed E-state index contributed by atoms with van der Waals surface area (Å²) >= 11 is 12.0. The molecule has 1 fully saturated rings. The number of nitrogens with zero attached hydrogens (tertiary/aromatic N) is 5. The Balaban J connectivity index is 1.52. The van der Waals surface area contributed by atoms with Gasteiger partial charge in [0.15, 0.2) is 5.69 Å². The van der Waals surface area contributed by atoms with Crippen molar-refractivity contribution in [1.82, 2.24) is 24.5 Å². The number of aromatic nitrogens is 5. The molecule has 1 aromatic carbocycles. The highest BCUT2D eigenvalue weighted by Gasteiger charge is 2.43. The van der Waals surface area contributed by atoms with Crippen molar-refractivity contribution in [2.75, 3.05) is 5.32 Å². The van der Waals surface area contributed by atoms with Gasteiger partial charge in [-0.2, -0.15) is 18.3 Å². The van der Waals surface area contributed by atoms with Crippen molar-refractivity contribution < 1.29 is 22.4 Å². The van der Waals surface area contributed by atoms with Crippen LogP contribution in [0, 0.1) is 5.82 Å². The highest BCUT2D eigenvalue weighted by Crippen LogP contribution is 2.47. The second-order valence-corrected chi connectivity index (χ2v) is 8.18. The number of rotatable bonds is 6. The van der Waals surface area contributed by atoms with E-state index < -0.39 is 34.7 Å². The molecule has 0 aliphatic heterocycles. The van der Waals surface area contributed by atoms with Crippen LogP contribution >= 0.6 is 23.2 Å². The van der Waals surface area contributed by atoms with Crippen molar-refractivity contribution in [3.63, 3.8) is 0 Å². The van der Waals surface area contributed by atoms with Crippen molar-refractivity contribution in [3.8, 4) is 0 Å². The van der Waals surface area contributed by atoms with Gasteiger partial charge < -0.3 is 0 Å². The zero-order valence-electron chi connectivity index (χ0n) is 16.5. The topological polar surface area (TPSA) is 77.6 Å². The molecule has 1 aliphatic rings. The molecule has 1 unspecified atom stereocenters. The lowest BCUT2D eigenvalue weighted by Crippen LogP contribution is -2.26. The normalized spacial score (nSPS) is 15.1. The Hall–Kier alpha value is -2.66. The summed E-state index contributed by atoms with van der Waals surface area (Å²) in [5, 5.41) is 9.79. The minimum atomic E-state index is -4.74. The van der Waals surface area contributed by atoms with E-state index in [9.17, 15) is 22.4 Å². The molecular weight excluding hydrogens is 475 g/mol. The van der Waals surface area contributed by atoms with Crippen LogP contribution in [0.3, 0.4) is 0 Å². The van der Waals surface area contributed by atoms with Crippen LogP contribution in [0.2, 0.25) is 10.0 Å². The zero-order chi connectivity index (χ0) is 23.2. The zero-order valence-corrected chi connectivity index (χ0v) is 18.0. The molecule has 1 atom stereocenters. The lowest BCUT2D eigenvalue weighted by molar-refractivity contribution is -0.141. The number of carbonyl (C=O) groups excluding carboxylic acids is 1. The van der Waals surface area contributed by atoms with E-state index in [1.54, 1.807) is 0 Å². The van der Waals surface area contributed by atoms with Gasteiger partial charge in [-0.15, -0.1) is 5.10 Å². The van der Waals surface area contributed by atoms with E-state index in [1.807, 2.05) is 0 Å². The summed E-state index contributed by atoms with van der Waals surface area (Å²) in [6.45, 7) is 1.38. The summed E-state index contributed by atoms with van der Waals surface area (Å²) in [4.78, 5) is 16.6. The molecule has 32 heavy (non-hydrogen) atoms. The van der Waals surface area contributed by atoms with Gasteiger partial charge in [-0.25, -0.2) is 14.1 Å². The van der Waals surface area contributed by atoms with E-state index in [0.717, 1.165) is 4.68 Å². The van der Waals surface area contributed by atoms with Crippen LogP contribution in [0.1, 0.15) is 48.7 Å². The third-order valence-electron chi connectivity index (χ3n) is 5.02. The van der Waals surface area contributed by atoms with Crippen LogP contribution in [0.15, 0.2) is 24.5 Å². The first-order valence-corrected chi connectivity index (χ1v) is 10.3. The Labute approximate surface area is 189 Å². The van der Waals surface area contributed by atoms with Crippen LogP contribution in [0.25, 0.3) is 0 Å². The fraction of sp³-hybridized carbons (Fsp3) is 0.368. The molecule has 0 spiro atoms. The molecule has 7 nitrogen and oxygen atoms in total. The van der Waals surface area contributed by atoms with Gasteiger partial charge in [0, 0.05) is 16.5 Å². The van der Waals surface area contributed by atoms with E-state index >= 15 is 0 Å². The Morgan fingerprint density at radius 2 is 2.00 bits per heavy atom. The minimum absolute atomic E-state index is 0.0283. The number of halogens is 6. The summed E-state index contributed by atoms with van der Waals surface area (Å²) < 4.78 is 56.0. The van der Waals surface area contributed by atoms with Gasteiger partial charge in [0.25, 0.3) is 5.91 Å². The summed E-state index contributed by atoms with van der Waals surface area (Å²) in [5.74, 6) is -1.47. The van der Waals surface area contributed by atoms with Gasteiger partial charge in [-0.3, -0.25) is 14.8 Å². The van der Waals surface area contributed by atoms with Crippen LogP contribution in [-0.2, 0) is 17.5 Å². The van der Waals surface area contributed by atoms with E-state index in [-0.39, 0.29) is 34.7 Å². The fourth-order valence-electron chi connectivity index (χ4n) is 3.23. The number of hydrogen-bond donors (Lipinski definition) is 1. The lowest BCUT2D eigenvalue weighted by Gasteiger charge is -2.14. The predicted octanol–water partition coefficient (Wildman–Crippen LogP) is 5.06. The largest absolute Gasteiger partial charge is 0.436 e. The van der Waals surface area contributed by atoms with Gasteiger partial charge in [0.05, 0.1) is 17.3 Å². The Kier molecular flexibility index (Phi) is 5.89. The monoisotopic (exact) mass is 490 g/mol. The average Bonchev–Trinajstić information content (AvgIpc) is 3.34. The molecule has 0 bridgehead atoms. The molecule has 1 saturated carbocycles. The predicted molar refractivity (Wildman–Crippen MR) is 108 cm³/mol. The number of nitrogens with one attached hydrogen (secondary N) is 1. The summed E-state index contributed by atoms with van der Waals surface area (Å²) in [7, 11) is 0. The van der Waals surface area contributed by atoms with Crippen LogP contribution < -0.4 is 5.32 Å². The first-order valence-electron chi connectivity index (χ1n) is 9.54. The van der Waals surface area contributed by atoms with Gasteiger partial charge in [-0.05, 0) is 31.9 Å². The van der Waals surface area contributed by atoms with Crippen molar-refractivity contribution in [3.05, 3.63) is 57.3 Å². The Bertz CT molecular complexity index is 1150. The lowest BCUT2D eigenvalue weighted by atomic mass is 10.2. The maximum absolute atomic E-state index is 14.0. The van der Waals surface area contributed by atoms with E-state index in [2.05, 4.69) is 20.5 Å². The number of amides is 1. The number of benzene rings is 1. The molecular formula is C19H16Cl2F4N6O. The van der Waals surface area contributed by atoms with E-state index in [4.69, 9.17) is 23.2 Å². The molecule has 1 N–H and O–H groups in total. The molecule has 13 heteroatoms. The molecule has 2 heterocycles. The van der Waals surface area contributed by atoms with Crippen LogP contribution in [0.4, 0.5) is 23.5 Å². The molecule has 0 saturated heterocycles. The van der Waals surface area contributed by atoms with Crippen LogP contribution in [-0.4, -0.2) is 30.5 Å². The smallest absolute Gasteiger partial charge is 0.291 e. The maximum Gasteiger partial charge on any atom is 0.436 e. The minimum Gasteiger partial charge on any atom is -0.291 e. The second-order valence-electron chi connectivity index (χ2n) is 7.40. The quantitative estimate of drug-likeness (QED) is 0.489. The molecule has 170 valence electrons.